The molecule has 1 saturated carbocycles. The van der Waals surface area contributed by atoms with Crippen molar-refractivity contribution < 1.29 is 18.7 Å². The van der Waals surface area contributed by atoms with E-state index in [1.165, 1.54) is 11.0 Å². The predicted molar refractivity (Wildman–Crippen MR) is 108 cm³/mol. The lowest BCUT2D eigenvalue weighted by molar-refractivity contribution is -0.153. The number of imide groups is 1. The number of hydrogen-bond donors (Lipinski definition) is 0. The molecule has 1 aromatic carbocycles. The number of methoxy groups -OCH3 is 1. The minimum absolute atomic E-state index is 0.0162. The second kappa shape index (κ2) is 8.42. The van der Waals surface area contributed by atoms with E-state index >= 15 is 0 Å². The number of carbonyl (C=O) groups is 2. The SMILES string of the molecule is COc1ccc(F)cc1C1CCN(CCN2C(=O)CC3(CCCC3)CC2=O)CC1. The van der Waals surface area contributed by atoms with Gasteiger partial charge >= 0.3 is 0 Å². The van der Waals surface area contributed by atoms with Gasteiger partial charge in [-0.1, -0.05) is 12.8 Å². The molecule has 4 rings (SSSR count). The second-order valence-electron chi connectivity index (χ2n) is 9.00. The van der Waals surface area contributed by atoms with Crippen LogP contribution in [0.2, 0.25) is 0 Å². The highest BCUT2D eigenvalue weighted by molar-refractivity contribution is 5.98. The Kier molecular flexibility index (Phi) is 5.91. The van der Waals surface area contributed by atoms with Crippen molar-refractivity contribution in [2.45, 2.75) is 57.3 Å². The summed E-state index contributed by atoms with van der Waals surface area (Å²) in [6, 6.07) is 4.71. The van der Waals surface area contributed by atoms with Crippen molar-refractivity contribution in [2.24, 2.45) is 5.41 Å². The van der Waals surface area contributed by atoms with E-state index in [9.17, 15) is 14.0 Å². The molecule has 0 unspecified atom stereocenters. The first-order valence-corrected chi connectivity index (χ1v) is 10.9. The zero-order chi connectivity index (χ0) is 20.4. The molecule has 158 valence electrons. The highest BCUT2D eigenvalue weighted by Gasteiger charge is 2.44. The van der Waals surface area contributed by atoms with Crippen molar-refractivity contribution in [3.8, 4) is 5.75 Å². The van der Waals surface area contributed by atoms with Crippen molar-refractivity contribution in [2.75, 3.05) is 33.3 Å². The third kappa shape index (κ3) is 4.32. The molecule has 2 aliphatic heterocycles. The predicted octanol–water partition coefficient (Wildman–Crippen LogP) is 3.72. The fourth-order valence-corrected chi connectivity index (χ4v) is 5.50. The fourth-order valence-electron chi connectivity index (χ4n) is 5.50. The molecule has 1 spiro atoms. The summed E-state index contributed by atoms with van der Waals surface area (Å²) in [4.78, 5) is 29.0. The molecular formula is C23H31FN2O3. The topological polar surface area (TPSA) is 49.9 Å². The van der Waals surface area contributed by atoms with Crippen LogP contribution in [-0.4, -0.2) is 54.9 Å². The summed E-state index contributed by atoms with van der Waals surface area (Å²) in [5, 5.41) is 0. The Morgan fingerprint density at radius 3 is 2.34 bits per heavy atom. The molecule has 0 radical (unpaired) electrons. The minimum atomic E-state index is -0.231. The minimum Gasteiger partial charge on any atom is -0.496 e. The van der Waals surface area contributed by atoms with Crippen LogP contribution >= 0.6 is 0 Å². The zero-order valence-corrected chi connectivity index (χ0v) is 17.3. The van der Waals surface area contributed by atoms with Gasteiger partial charge in [0, 0.05) is 31.5 Å². The first-order valence-electron chi connectivity index (χ1n) is 10.9. The van der Waals surface area contributed by atoms with Gasteiger partial charge in [0.05, 0.1) is 7.11 Å². The maximum Gasteiger partial charge on any atom is 0.229 e. The van der Waals surface area contributed by atoms with E-state index < -0.39 is 0 Å². The highest BCUT2D eigenvalue weighted by Crippen LogP contribution is 2.46. The summed E-state index contributed by atoms with van der Waals surface area (Å²) in [7, 11) is 1.62. The van der Waals surface area contributed by atoms with E-state index in [1.807, 2.05) is 0 Å². The molecule has 0 atom stereocenters. The maximum absolute atomic E-state index is 13.7. The Balaban J connectivity index is 1.29. The van der Waals surface area contributed by atoms with Gasteiger partial charge in [0.1, 0.15) is 11.6 Å². The molecule has 0 N–H and O–H groups in total. The molecule has 29 heavy (non-hydrogen) atoms. The summed E-state index contributed by atoms with van der Waals surface area (Å²) in [6.45, 7) is 2.97. The van der Waals surface area contributed by atoms with Crippen LogP contribution in [0.3, 0.4) is 0 Å². The van der Waals surface area contributed by atoms with E-state index in [2.05, 4.69) is 4.90 Å². The van der Waals surface area contributed by atoms with Crippen LogP contribution < -0.4 is 4.74 Å². The van der Waals surface area contributed by atoms with Crippen molar-refractivity contribution in [1.82, 2.24) is 9.80 Å². The Morgan fingerprint density at radius 2 is 1.72 bits per heavy atom. The number of carbonyl (C=O) groups excluding carboxylic acids is 2. The number of rotatable bonds is 5. The first-order chi connectivity index (χ1) is 14.0. The third-order valence-electron chi connectivity index (χ3n) is 7.18. The molecule has 2 amide bonds. The largest absolute Gasteiger partial charge is 0.496 e. The Morgan fingerprint density at radius 1 is 1.07 bits per heavy atom. The first kappa shape index (κ1) is 20.3. The van der Waals surface area contributed by atoms with Gasteiger partial charge in [0.25, 0.3) is 0 Å². The number of hydrogen-bond acceptors (Lipinski definition) is 4. The van der Waals surface area contributed by atoms with Gasteiger partial charge in [-0.3, -0.25) is 14.5 Å². The van der Waals surface area contributed by atoms with Crippen molar-refractivity contribution >= 4 is 11.8 Å². The summed E-state index contributed by atoms with van der Waals surface area (Å²) in [5.41, 5.74) is 0.905. The zero-order valence-electron chi connectivity index (χ0n) is 17.3. The summed E-state index contributed by atoms with van der Waals surface area (Å²) in [6.07, 6.45) is 7.26. The molecule has 2 saturated heterocycles. The van der Waals surface area contributed by atoms with Gasteiger partial charge < -0.3 is 9.64 Å². The van der Waals surface area contributed by atoms with Gasteiger partial charge in [-0.15, -0.1) is 0 Å². The van der Waals surface area contributed by atoms with Crippen LogP contribution in [-0.2, 0) is 9.59 Å². The summed E-state index contributed by atoms with van der Waals surface area (Å²) >= 11 is 0. The number of benzene rings is 1. The van der Waals surface area contributed by atoms with Gasteiger partial charge in [0.2, 0.25) is 11.8 Å². The number of piperidine rings is 2. The number of amides is 2. The number of ether oxygens (including phenoxy) is 1. The molecular weight excluding hydrogens is 371 g/mol. The monoisotopic (exact) mass is 402 g/mol. The van der Waals surface area contributed by atoms with E-state index in [0.717, 1.165) is 69.5 Å². The van der Waals surface area contributed by atoms with Gasteiger partial charge in [-0.25, -0.2) is 4.39 Å². The molecule has 2 heterocycles. The average Bonchev–Trinajstić information content (AvgIpc) is 3.15. The quantitative estimate of drug-likeness (QED) is 0.705. The van der Waals surface area contributed by atoms with Crippen LogP contribution in [0.4, 0.5) is 4.39 Å². The third-order valence-corrected chi connectivity index (χ3v) is 7.18. The highest BCUT2D eigenvalue weighted by atomic mass is 19.1. The molecule has 0 aromatic heterocycles. The number of nitrogens with zero attached hydrogens (tertiary/aromatic N) is 2. The Bertz CT molecular complexity index is 747. The van der Waals surface area contributed by atoms with E-state index in [0.29, 0.717) is 19.4 Å². The Hall–Kier alpha value is -1.95. The van der Waals surface area contributed by atoms with Crippen LogP contribution in [0.15, 0.2) is 18.2 Å². The van der Waals surface area contributed by atoms with E-state index in [1.54, 1.807) is 19.2 Å². The van der Waals surface area contributed by atoms with Crippen LogP contribution in [0.25, 0.3) is 0 Å². The van der Waals surface area contributed by atoms with Crippen LogP contribution in [0.1, 0.15) is 62.8 Å². The fraction of sp³-hybridized carbons (Fsp3) is 0.652. The van der Waals surface area contributed by atoms with E-state index in [4.69, 9.17) is 4.74 Å². The molecule has 1 aliphatic carbocycles. The molecule has 6 heteroatoms. The van der Waals surface area contributed by atoms with Gasteiger partial charge in [-0.05, 0) is 68.3 Å². The molecule has 1 aromatic rings. The smallest absolute Gasteiger partial charge is 0.229 e. The van der Waals surface area contributed by atoms with Crippen LogP contribution in [0, 0.1) is 11.2 Å². The molecule has 3 fully saturated rings. The van der Waals surface area contributed by atoms with Crippen molar-refractivity contribution in [3.05, 3.63) is 29.6 Å². The van der Waals surface area contributed by atoms with E-state index in [-0.39, 0.29) is 29.0 Å². The summed E-state index contributed by atoms with van der Waals surface area (Å²) in [5.74, 6) is 0.822. The summed E-state index contributed by atoms with van der Waals surface area (Å²) < 4.78 is 19.1. The second-order valence-corrected chi connectivity index (χ2v) is 9.00. The molecule has 0 bridgehead atoms. The van der Waals surface area contributed by atoms with Crippen LogP contribution in [0.5, 0.6) is 5.75 Å². The lowest BCUT2D eigenvalue weighted by atomic mass is 9.76. The standard InChI is InChI=1S/C23H31FN2O3/c1-29-20-5-4-18(24)14-19(20)17-6-10-25(11-7-17)12-13-26-21(27)15-23(16-22(26)28)8-2-3-9-23/h4-5,14,17H,2-3,6-13,15-16H2,1H3. The Labute approximate surface area is 172 Å². The normalized spacial score (nSPS) is 23.2. The lowest BCUT2D eigenvalue weighted by Gasteiger charge is -2.39. The van der Waals surface area contributed by atoms with Gasteiger partial charge in [-0.2, -0.15) is 0 Å². The number of likely N-dealkylation sites (tertiary alicyclic amines) is 2. The lowest BCUT2D eigenvalue weighted by Crippen LogP contribution is -2.50. The molecule has 3 aliphatic rings. The van der Waals surface area contributed by atoms with Crippen molar-refractivity contribution in [3.63, 3.8) is 0 Å². The van der Waals surface area contributed by atoms with Gasteiger partial charge in [0.15, 0.2) is 0 Å². The maximum atomic E-state index is 13.7. The molecule has 5 nitrogen and oxygen atoms in total. The van der Waals surface area contributed by atoms with Crippen molar-refractivity contribution in [1.29, 1.82) is 0 Å². The average molecular weight is 403 g/mol. The number of halogens is 1.